The van der Waals surface area contributed by atoms with Crippen LogP contribution in [0.25, 0.3) is 0 Å². The van der Waals surface area contributed by atoms with Gasteiger partial charge in [0.1, 0.15) is 0 Å². The molecule has 0 aromatic heterocycles. The molecule has 2 unspecified atom stereocenters. The van der Waals surface area contributed by atoms with Crippen LogP contribution in [0.15, 0.2) is 0 Å². The van der Waals surface area contributed by atoms with Crippen molar-refractivity contribution < 1.29 is 4.79 Å². The number of hydrogen-bond donors (Lipinski definition) is 2. The first-order chi connectivity index (χ1) is 9.19. The number of nitrogens with one attached hydrogen (secondary N) is 2. The van der Waals surface area contributed by atoms with E-state index in [2.05, 4.69) is 17.6 Å². The molecule has 20 heavy (non-hydrogen) atoms. The predicted octanol–water partition coefficient (Wildman–Crippen LogP) is 3.02. The first-order valence-corrected chi connectivity index (χ1v) is 8.24. The van der Waals surface area contributed by atoms with Gasteiger partial charge in [-0.05, 0) is 63.2 Å². The van der Waals surface area contributed by atoms with Crippen molar-refractivity contribution in [2.45, 2.75) is 82.8 Å². The number of carbonyl (C=O) groups is 1. The number of fused-ring (bicyclic) bond motifs is 2. The van der Waals surface area contributed by atoms with Crippen LogP contribution in [0, 0.1) is 11.8 Å². The van der Waals surface area contributed by atoms with Gasteiger partial charge in [0.15, 0.2) is 0 Å². The van der Waals surface area contributed by atoms with Crippen LogP contribution in [-0.2, 0) is 4.79 Å². The number of hydrogen-bond acceptors (Lipinski definition) is 2. The Morgan fingerprint density at radius 3 is 2.25 bits per heavy atom. The van der Waals surface area contributed by atoms with E-state index in [-0.39, 0.29) is 12.4 Å². The second kappa shape index (κ2) is 7.13. The van der Waals surface area contributed by atoms with E-state index in [1.54, 1.807) is 0 Å². The minimum absolute atomic E-state index is 0. The van der Waals surface area contributed by atoms with Crippen molar-refractivity contribution in [1.29, 1.82) is 0 Å². The lowest BCUT2D eigenvalue weighted by Gasteiger charge is -2.30. The Bertz CT molecular complexity index is 316. The highest BCUT2D eigenvalue weighted by molar-refractivity contribution is 5.85. The van der Waals surface area contributed by atoms with Gasteiger partial charge in [0.25, 0.3) is 0 Å². The average Bonchev–Trinajstić information content (AvgIpc) is 2.72. The highest BCUT2D eigenvalue weighted by Crippen LogP contribution is 2.32. The molecule has 1 amide bonds. The minimum Gasteiger partial charge on any atom is -0.353 e. The van der Waals surface area contributed by atoms with Crippen LogP contribution in [0.3, 0.4) is 0 Å². The van der Waals surface area contributed by atoms with Crippen molar-refractivity contribution in [2.75, 3.05) is 0 Å². The molecule has 0 aromatic rings. The summed E-state index contributed by atoms with van der Waals surface area (Å²) >= 11 is 0. The highest BCUT2D eigenvalue weighted by atomic mass is 35.5. The number of halogens is 1. The third-order valence-corrected chi connectivity index (χ3v) is 5.43. The van der Waals surface area contributed by atoms with Crippen molar-refractivity contribution in [2.24, 2.45) is 11.8 Å². The van der Waals surface area contributed by atoms with E-state index in [4.69, 9.17) is 0 Å². The summed E-state index contributed by atoms with van der Waals surface area (Å²) in [4.78, 5) is 12.2. The second-order valence-electron chi connectivity index (χ2n) is 7.20. The lowest BCUT2D eigenvalue weighted by atomic mass is 9.86. The van der Waals surface area contributed by atoms with Crippen LogP contribution < -0.4 is 10.6 Å². The van der Waals surface area contributed by atoms with Gasteiger partial charge in [-0.15, -0.1) is 12.4 Å². The average molecular weight is 301 g/mol. The number of piperidine rings is 1. The highest BCUT2D eigenvalue weighted by Gasteiger charge is 2.34. The molecule has 0 spiro atoms. The van der Waals surface area contributed by atoms with E-state index >= 15 is 0 Å². The monoisotopic (exact) mass is 300 g/mol. The molecule has 1 saturated carbocycles. The summed E-state index contributed by atoms with van der Waals surface area (Å²) in [6.07, 6.45) is 10.8. The number of amides is 1. The summed E-state index contributed by atoms with van der Waals surface area (Å²) in [7, 11) is 0. The summed E-state index contributed by atoms with van der Waals surface area (Å²) in [5, 5.41) is 6.93. The molecule has 3 fully saturated rings. The molecule has 4 heteroatoms. The summed E-state index contributed by atoms with van der Waals surface area (Å²) in [5.74, 6) is 1.79. The first kappa shape index (κ1) is 16.1. The largest absolute Gasteiger partial charge is 0.353 e. The molecule has 3 rings (SSSR count). The topological polar surface area (TPSA) is 41.1 Å². The lowest BCUT2D eigenvalue weighted by Crippen LogP contribution is -2.42. The fraction of sp³-hybridized carbons (Fsp3) is 0.938. The molecule has 0 radical (unpaired) electrons. The Morgan fingerprint density at radius 2 is 1.65 bits per heavy atom. The molecular formula is C16H29ClN2O. The van der Waals surface area contributed by atoms with E-state index in [9.17, 15) is 4.79 Å². The van der Waals surface area contributed by atoms with Crippen molar-refractivity contribution in [3.8, 4) is 0 Å². The Morgan fingerprint density at radius 1 is 1.05 bits per heavy atom. The smallest absolute Gasteiger partial charge is 0.220 e. The zero-order chi connectivity index (χ0) is 13.2. The zero-order valence-electron chi connectivity index (χ0n) is 12.6. The van der Waals surface area contributed by atoms with Crippen molar-refractivity contribution in [3.05, 3.63) is 0 Å². The van der Waals surface area contributed by atoms with Gasteiger partial charge in [-0.3, -0.25) is 4.79 Å². The van der Waals surface area contributed by atoms with Crippen molar-refractivity contribution in [1.82, 2.24) is 10.6 Å². The summed E-state index contributed by atoms with van der Waals surface area (Å²) in [6.45, 7) is 2.32. The van der Waals surface area contributed by atoms with Crippen LogP contribution in [0.4, 0.5) is 0 Å². The van der Waals surface area contributed by atoms with E-state index in [0.717, 1.165) is 12.3 Å². The summed E-state index contributed by atoms with van der Waals surface area (Å²) in [5.41, 5.74) is 0. The predicted molar refractivity (Wildman–Crippen MR) is 84.1 cm³/mol. The molecule has 2 N–H and O–H groups in total. The molecule has 3 aliphatic rings. The minimum atomic E-state index is 0. The van der Waals surface area contributed by atoms with Gasteiger partial charge in [-0.25, -0.2) is 0 Å². The molecular weight excluding hydrogens is 272 g/mol. The third-order valence-electron chi connectivity index (χ3n) is 5.43. The second-order valence-corrected chi connectivity index (χ2v) is 7.20. The van der Waals surface area contributed by atoms with E-state index in [1.807, 2.05) is 0 Å². The standard InChI is InChI=1S/C16H28N2O.ClH/c1-11-2-4-13(5-3-11)18-16(19)10-12-8-14-6-7-15(9-12)17-14;/h11-15,17H,2-10H2,1H3,(H,18,19);1H. The molecule has 2 bridgehead atoms. The number of rotatable bonds is 3. The molecule has 2 aliphatic heterocycles. The number of carbonyl (C=O) groups excluding carboxylic acids is 1. The van der Waals surface area contributed by atoms with Crippen LogP contribution in [0.5, 0.6) is 0 Å². The quantitative estimate of drug-likeness (QED) is 0.841. The van der Waals surface area contributed by atoms with Crippen LogP contribution >= 0.6 is 12.4 Å². The van der Waals surface area contributed by atoms with E-state index in [0.29, 0.717) is 30.0 Å². The summed E-state index contributed by atoms with van der Waals surface area (Å²) < 4.78 is 0. The molecule has 0 aromatic carbocycles. The fourth-order valence-corrected chi connectivity index (χ4v) is 4.29. The zero-order valence-corrected chi connectivity index (χ0v) is 13.4. The maximum absolute atomic E-state index is 12.2. The van der Waals surface area contributed by atoms with Gasteiger partial charge in [-0.2, -0.15) is 0 Å². The van der Waals surface area contributed by atoms with E-state index < -0.39 is 0 Å². The lowest BCUT2D eigenvalue weighted by molar-refractivity contribution is -0.123. The first-order valence-electron chi connectivity index (χ1n) is 8.24. The molecule has 1 aliphatic carbocycles. The summed E-state index contributed by atoms with van der Waals surface area (Å²) in [6, 6.07) is 1.86. The molecule has 116 valence electrons. The van der Waals surface area contributed by atoms with Gasteiger partial charge < -0.3 is 10.6 Å². The Hall–Kier alpha value is -0.280. The van der Waals surface area contributed by atoms with Gasteiger partial charge in [0, 0.05) is 24.5 Å². The SMILES string of the molecule is CC1CCC(NC(=O)CC2CC3CCC(C2)N3)CC1.Cl. The molecule has 2 saturated heterocycles. The molecule has 2 atom stereocenters. The maximum Gasteiger partial charge on any atom is 0.220 e. The Balaban J connectivity index is 0.00000147. The van der Waals surface area contributed by atoms with Crippen LogP contribution in [0.1, 0.15) is 64.7 Å². The van der Waals surface area contributed by atoms with Crippen molar-refractivity contribution in [3.63, 3.8) is 0 Å². The normalized spacial score (nSPS) is 40.0. The Labute approximate surface area is 129 Å². The van der Waals surface area contributed by atoms with Gasteiger partial charge in [0.2, 0.25) is 5.91 Å². The fourth-order valence-electron chi connectivity index (χ4n) is 4.29. The van der Waals surface area contributed by atoms with Gasteiger partial charge in [-0.1, -0.05) is 6.92 Å². The third kappa shape index (κ3) is 4.11. The van der Waals surface area contributed by atoms with Crippen molar-refractivity contribution >= 4 is 18.3 Å². The maximum atomic E-state index is 12.2. The molecule has 2 heterocycles. The van der Waals surface area contributed by atoms with Gasteiger partial charge in [0.05, 0.1) is 0 Å². The van der Waals surface area contributed by atoms with Gasteiger partial charge >= 0.3 is 0 Å². The Kier molecular flexibility index (Phi) is 5.74. The van der Waals surface area contributed by atoms with Crippen LogP contribution in [-0.4, -0.2) is 24.0 Å². The van der Waals surface area contributed by atoms with Crippen LogP contribution in [0.2, 0.25) is 0 Å². The van der Waals surface area contributed by atoms with E-state index in [1.165, 1.54) is 51.4 Å². The molecule has 3 nitrogen and oxygen atoms in total.